The Labute approximate surface area is 105 Å². The first-order valence-electron chi connectivity index (χ1n) is 6.12. The summed E-state index contributed by atoms with van der Waals surface area (Å²) >= 11 is 0. The quantitative estimate of drug-likeness (QED) is 0.832. The molecule has 1 N–H and O–H groups in total. The van der Waals surface area contributed by atoms with E-state index in [1.165, 1.54) is 0 Å². The number of nitrogens with one attached hydrogen (secondary N) is 1. The molecule has 0 aromatic rings. The van der Waals surface area contributed by atoms with Gasteiger partial charge in [0.15, 0.2) is 0 Å². The van der Waals surface area contributed by atoms with Gasteiger partial charge in [-0.3, -0.25) is 0 Å². The number of piperidine rings is 1. The van der Waals surface area contributed by atoms with Gasteiger partial charge in [-0.1, -0.05) is 0 Å². The van der Waals surface area contributed by atoms with Crippen LogP contribution in [0.1, 0.15) is 25.7 Å². The van der Waals surface area contributed by atoms with E-state index in [2.05, 4.69) is 5.32 Å². The lowest BCUT2D eigenvalue weighted by atomic mass is 9.89. The maximum absolute atomic E-state index is 12.4. The van der Waals surface area contributed by atoms with Crippen LogP contribution in [0.25, 0.3) is 0 Å². The van der Waals surface area contributed by atoms with Gasteiger partial charge in [0.2, 0.25) is 0 Å². The van der Waals surface area contributed by atoms with Crippen LogP contribution in [0.5, 0.6) is 0 Å². The van der Waals surface area contributed by atoms with Crippen molar-refractivity contribution in [3.8, 4) is 0 Å². The van der Waals surface area contributed by atoms with Crippen LogP contribution in [0.15, 0.2) is 0 Å². The van der Waals surface area contributed by atoms with Crippen molar-refractivity contribution in [3.05, 3.63) is 0 Å². The number of rotatable bonds is 2. The van der Waals surface area contributed by atoms with E-state index in [-0.39, 0.29) is 13.1 Å². The molecule has 0 aromatic heterocycles. The highest BCUT2D eigenvalue weighted by atomic mass is 32.2. The molecule has 0 radical (unpaired) electrons. The Kier molecular flexibility index (Phi) is 3.89. The highest BCUT2D eigenvalue weighted by Gasteiger charge is 2.50. The zero-order valence-corrected chi connectivity index (χ0v) is 10.7. The number of nitrogens with zero attached hydrogens (tertiary/aromatic N) is 1. The molecule has 2 fully saturated rings. The summed E-state index contributed by atoms with van der Waals surface area (Å²) in [5.74, 6) is 0.298. The topological polar surface area (TPSA) is 49.4 Å². The summed E-state index contributed by atoms with van der Waals surface area (Å²) in [6.45, 7) is 0.904. The third-order valence-electron chi connectivity index (χ3n) is 3.80. The number of sulfonamides is 1. The molecule has 0 bridgehead atoms. The Hall–Kier alpha value is -0.340. The molecule has 2 aliphatic rings. The van der Waals surface area contributed by atoms with Crippen molar-refractivity contribution in [3.63, 3.8) is 0 Å². The van der Waals surface area contributed by atoms with Crippen LogP contribution in [0, 0.1) is 5.92 Å². The van der Waals surface area contributed by atoms with Crippen LogP contribution in [0.2, 0.25) is 0 Å². The first-order chi connectivity index (χ1) is 8.32. The van der Waals surface area contributed by atoms with Gasteiger partial charge in [-0.2, -0.15) is 17.5 Å². The van der Waals surface area contributed by atoms with Crippen molar-refractivity contribution in [1.29, 1.82) is 0 Å². The lowest BCUT2D eigenvalue weighted by Crippen LogP contribution is -2.47. The highest BCUT2D eigenvalue weighted by molar-refractivity contribution is 7.90. The molecular formula is C10H17F3N2O2S. The van der Waals surface area contributed by atoms with Gasteiger partial charge in [0, 0.05) is 19.1 Å². The van der Waals surface area contributed by atoms with E-state index in [1.807, 2.05) is 0 Å². The number of halogens is 3. The van der Waals surface area contributed by atoms with Crippen molar-refractivity contribution in [1.82, 2.24) is 9.62 Å². The number of hydrogen-bond acceptors (Lipinski definition) is 3. The van der Waals surface area contributed by atoms with Gasteiger partial charge in [0.25, 0.3) is 0 Å². The average molecular weight is 286 g/mol. The Morgan fingerprint density at radius 1 is 1.11 bits per heavy atom. The minimum Gasteiger partial charge on any atom is -0.314 e. The molecule has 2 heterocycles. The second-order valence-electron chi connectivity index (χ2n) is 4.89. The summed E-state index contributed by atoms with van der Waals surface area (Å²) in [5.41, 5.74) is -5.18. The van der Waals surface area contributed by atoms with Crippen LogP contribution >= 0.6 is 0 Å². The van der Waals surface area contributed by atoms with Crippen LogP contribution in [-0.2, 0) is 10.0 Å². The van der Waals surface area contributed by atoms with Crippen molar-refractivity contribution >= 4 is 10.0 Å². The Morgan fingerprint density at radius 3 is 2.17 bits per heavy atom. The fraction of sp³-hybridized carbons (Fsp3) is 1.00. The molecule has 0 aliphatic carbocycles. The lowest BCUT2D eigenvalue weighted by molar-refractivity contribution is -0.0497. The van der Waals surface area contributed by atoms with E-state index in [1.54, 1.807) is 0 Å². The monoisotopic (exact) mass is 286 g/mol. The Bertz CT molecular complexity index is 382. The average Bonchev–Trinajstić information content (AvgIpc) is 2.81. The smallest absolute Gasteiger partial charge is 0.314 e. The van der Waals surface area contributed by atoms with Crippen LogP contribution in [0.4, 0.5) is 13.2 Å². The molecule has 0 saturated carbocycles. The summed E-state index contributed by atoms with van der Waals surface area (Å²) in [5, 5.41) is 3.32. The molecule has 0 amide bonds. The van der Waals surface area contributed by atoms with Gasteiger partial charge in [0.05, 0.1) is 0 Å². The van der Waals surface area contributed by atoms with Gasteiger partial charge >= 0.3 is 15.5 Å². The maximum atomic E-state index is 12.4. The Morgan fingerprint density at radius 2 is 1.72 bits per heavy atom. The van der Waals surface area contributed by atoms with Crippen molar-refractivity contribution < 1.29 is 21.6 Å². The van der Waals surface area contributed by atoms with Crippen molar-refractivity contribution in [2.75, 3.05) is 19.6 Å². The fourth-order valence-electron chi connectivity index (χ4n) is 2.78. The second kappa shape index (κ2) is 4.97. The first-order valence-corrected chi connectivity index (χ1v) is 7.56. The SMILES string of the molecule is O=S(=O)(N1CCC(C2CCCN2)CC1)C(F)(F)F. The van der Waals surface area contributed by atoms with Crippen molar-refractivity contribution in [2.45, 2.75) is 37.2 Å². The highest BCUT2D eigenvalue weighted by Crippen LogP contribution is 2.32. The van der Waals surface area contributed by atoms with E-state index in [9.17, 15) is 21.6 Å². The van der Waals surface area contributed by atoms with Gasteiger partial charge in [0.1, 0.15) is 0 Å². The minimum atomic E-state index is -5.18. The van der Waals surface area contributed by atoms with E-state index >= 15 is 0 Å². The van der Waals surface area contributed by atoms with Crippen LogP contribution in [0.3, 0.4) is 0 Å². The molecule has 2 saturated heterocycles. The van der Waals surface area contributed by atoms with E-state index in [4.69, 9.17) is 0 Å². The largest absolute Gasteiger partial charge is 0.511 e. The van der Waals surface area contributed by atoms with Gasteiger partial charge in [-0.15, -0.1) is 0 Å². The molecule has 0 spiro atoms. The molecule has 2 rings (SSSR count). The molecule has 106 valence electrons. The zero-order chi connectivity index (χ0) is 13.4. The molecule has 0 aromatic carbocycles. The molecule has 1 unspecified atom stereocenters. The number of alkyl halides is 3. The Balaban J connectivity index is 1.94. The standard InChI is InChI=1S/C10H17F3N2O2S/c11-10(12,13)18(16,17)15-6-3-8(4-7-15)9-2-1-5-14-9/h8-9,14H,1-7H2. The normalized spacial score (nSPS) is 28.7. The van der Waals surface area contributed by atoms with Crippen molar-refractivity contribution in [2.24, 2.45) is 5.92 Å². The zero-order valence-electron chi connectivity index (χ0n) is 9.91. The summed E-state index contributed by atoms with van der Waals surface area (Å²) in [6, 6.07) is 0.348. The predicted octanol–water partition coefficient (Wildman–Crippen LogP) is 1.30. The van der Waals surface area contributed by atoms with E-state index in [0.29, 0.717) is 29.1 Å². The molecule has 4 nitrogen and oxygen atoms in total. The summed E-state index contributed by atoms with van der Waals surface area (Å²) < 4.78 is 60.1. The first kappa shape index (κ1) is 14.1. The minimum absolute atomic E-state index is 0.0231. The van der Waals surface area contributed by atoms with E-state index in [0.717, 1.165) is 19.4 Å². The van der Waals surface area contributed by atoms with Gasteiger partial charge < -0.3 is 5.32 Å². The molecule has 1 atom stereocenters. The summed E-state index contributed by atoms with van der Waals surface area (Å²) in [7, 11) is -5.13. The maximum Gasteiger partial charge on any atom is 0.511 e. The molecule has 2 aliphatic heterocycles. The number of hydrogen-bond donors (Lipinski definition) is 1. The predicted molar refractivity (Wildman–Crippen MR) is 60.3 cm³/mol. The molecule has 8 heteroatoms. The third-order valence-corrected chi connectivity index (χ3v) is 5.43. The summed E-state index contributed by atoms with van der Waals surface area (Å²) in [6.07, 6.45) is 3.14. The third kappa shape index (κ3) is 2.65. The molecule has 18 heavy (non-hydrogen) atoms. The fourth-order valence-corrected chi connectivity index (χ4v) is 3.76. The second-order valence-corrected chi connectivity index (χ2v) is 6.82. The van der Waals surface area contributed by atoms with Gasteiger partial charge in [-0.05, 0) is 38.1 Å². The summed E-state index contributed by atoms with van der Waals surface area (Å²) in [4.78, 5) is 0. The van der Waals surface area contributed by atoms with Crippen LogP contribution < -0.4 is 5.32 Å². The van der Waals surface area contributed by atoms with Crippen LogP contribution in [-0.4, -0.2) is 43.9 Å². The lowest BCUT2D eigenvalue weighted by Gasteiger charge is -2.34. The van der Waals surface area contributed by atoms with E-state index < -0.39 is 15.5 Å². The molecular weight excluding hydrogens is 269 g/mol. The van der Waals surface area contributed by atoms with Gasteiger partial charge in [-0.25, -0.2) is 8.42 Å².